The first-order chi connectivity index (χ1) is 16.3. The lowest BCUT2D eigenvalue weighted by Gasteiger charge is -2.19. The summed E-state index contributed by atoms with van der Waals surface area (Å²) >= 11 is 0. The van der Waals surface area contributed by atoms with Crippen molar-refractivity contribution in [2.75, 3.05) is 13.2 Å². The number of carbonyl (C=O) groups is 2. The van der Waals surface area contributed by atoms with E-state index in [9.17, 15) is 22.8 Å². The number of aromatic nitrogens is 1. The lowest BCUT2D eigenvalue weighted by atomic mass is 10.1. The zero-order chi connectivity index (χ0) is 25.8. The molecular weight excluding hydrogens is 465 g/mol. The molecule has 1 fully saturated rings. The highest BCUT2D eigenvalue weighted by molar-refractivity contribution is 5.83. The number of pyridine rings is 1. The molecule has 1 amide bonds. The summed E-state index contributed by atoms with van der Waals surface area (Å²) in [6.45, 7) is 5.53. The zero-order valence-corrected chi connectivity index (χ0v) is 20.0. The van der Waals surface area contributed by atoms with E-state index in [1.807, 2.05) is 12.1 Å². The number of benzene rings is 1. The van der Waals surface area contributed by atoms with E-state index in [4.69, 9.17) is 9.47 Å². The van der Waals surface area contributed by atoms with Crippen molar-refractivity contribution < 1.29 is 37.0 Å². The minimum Gasteiger partial charge on any atom is -0.483 e. The molecule has 2 aromatic rings. The van der Waals surface area contributed by atoms with Crippen LogP contribution < -0.4 is 14.8 Å². The predicted octanol–water partition coefficient (Wildman–Crippen LogP) is 4.72. The summed E-state index contributed by atoms with van der Waals surface area (Å²) in [5.74, 6) is -0.137. The van der Waals surface area contributed by atoms with E-state index in [-0.39, 0.29) is 30.1 Å². The third-order valence-corrected chi connectivity index (χ3v) is 5.18. The normalized spacial score (nSPS) is 18.4. The van der Waals surface area contributed by atoms with E-state index in [1.165, 1.54) is 18.3 Å². The second kappa shape index (κ2) is 10.5. The number of carbonyl (C=O) groups excluding carboxylic acids is 2. The largest absolute Gasteiger partial charge is 0.483 e. The number of alkyl halides is 3. The van der Waals surface area contributed by atoms with Gasteiger partial charge in [-0.25, -0.2) is 4.79 Å². The Bertz CT molecular complexity index is 1020. The summed E-state index contributed by atoms with van der Waals surface area (Å²) in [6.07, 6.45) is -2.52. The van der Waals surface area contributed by atoms with E-state index in [2.05, 4.69) is 15.0 Å². The predicted molar refractivity (Wildman–Crippen MR) is 121 cm³/mol. The molecule has 0 radical (unpaired) electrons. The maximum Gasteiger partial charge on any atom is 0.422 e. The Labute approximate surface area is 202 Å². The van der Waals surface area contributed by atoms with Crippen LogP contribution in [0.5, 0.6) is 11.5 Å². The van der Waals surface area contributed by atoms with Crippen LogP contribution in [0.15, 0.2) is 42.6 Å². The van der Waals surface area contributed by atoms with E-state index in [0.717, 1.165) is 5.56 Å². The van der Waals surface area contributed by atoms with Gasteiger partial charge in [0, 0.05) is 5.92 Å². The van der Waals surface area contributed by atoms with Crippen molar-refractivity contribution in [1.82, 2.24) is 10.3 Å². The third-order valence-electron chi connectivity index (χ3n) is 5.18. The number of nitrogens with zero attached hydrogens (tertiary/aromatic N) is 1. The third kappa shape index (κ3) is 8.45. The van der Waals surface area contributed by atoms with E-state index in [0.29, 0.717) is 17.9 Å². The van der Waals surface area contributed by atoms with Gasteiger partial charge in [-0.2, -0.15) is 13.2 Å². The highest BCUT2D eigenvalue weighted by Crippen LogP contribution is 2.48. The second-order valence-corrected chi connectivity index (χ2v) is 9.45. The summed E-state index contributed by atoms with van der Waals surface area (Å²) in [5, 5.41) is 2.90. The molecule has 1 heterocycles. The number of amides is 1. The average Bonchev–Trinajstić information content (AvgIpc) is 3.56. The van der Waals surface area contributed by atoms with Crippen LogP contribution in [-0.2, 0) is 14.3 Å². The Hall–Kier alpha value is -3.30. The Morgan fingerprint density at radius 1 is 1.06 bits per heavy atom. The van der Waals surface area contributed by atoms with Crippen LogP contribution in [0.2, 0.25) is 0 Å². The zero-order valence-electron chi connectivity index (χ0n) is 20.0. The molecule has 190 valence electrons. The Kier molecular flexibility index (Phi) is 7.92. The maximum atomic E-state index is 12.6. The summed E-state index contributed by atoms with van der Waals surface area (Å²) < 4.78 is 52.0. The molecule has 0 bridgehead atoms. The topological polar surface area (TPSA) is 86.8 Å². The molecule has 1 aromatic carbocycles. The van der Waals surface area contributed by atoms with E-state index >= 15 is 0 Å². The number of nitrogens with one attached hydrogen (secondary N) is 1. The number of hydrogen-bond donors (Lipinski definition) is 1. The highest BCUT2D eigenvalue weighted by Gasteiger charge is 2.44. The van der Waals surface area contributed by atoms with Gasteiger partial charge in [0.15, 0.2) is 13.2 Å². The Morgan fingerprint density at radius 3 is 2.29 bits per heavy atom. The summed E-state index contributed by atoms with van der Waals surface area (Å²) in [5.41, 5.74) is 0.932. The monoisotopic (exact) mass is 494 g/mol. The van der Waals surface area contributed by atoms with Crippen molar-refractivity contribution in [1.29, 1.82) is 0 Å². The number of halogens is 3. The minimum atomic E-state index is -4.42. The first kappa shape index (κ1) is 26.3. The van der Waals surface area contributed by atoms with Crippen LogP contribution in [0.1, 0.15) is 57.3 Å². The molecule has 1 aromatic heterocycles. The van der Waals surface area contributed by atoms with Crippen LogP contribution in [-0.4, -0.2) is 41.9 Å². The van der Waals surface area contributed by atoms with E-state index < -0.39 is 30.4 Å². The van der Waals surface area contributed by atoms with Crippen LogP contribution in [0.4, 0.5) is 13.2 Å². The molecule has 35 heavy (non-hydrogen) atoms. The van der Waals surface area contributed by atoms with Crippen LogP contribution >= 0.6 is 0 Å². The van der Waals surface area contributed by atoms with Gasteiger partial charge in [0.1, 0.15) is 17.1 Å². The lowest BCUT2D eigenvalue weighted by molar-refractivity contribution is -0.157. The van der Waals surface area contributed by atoms with Crippen molar-refractivity contribution in [3.8, 4) is 11.5 Å². The molecule has 1 unspecified atom stereocenters. The fourth-order valence-electron chi connectivity index (χ4n) is 3.47. The smallest absolute Gasteiger partial charge is 0.422 e. The molecule has 1 N–H and O–H groups in total. The number of rotatable bonds is 9. The summed E-state index contributed by atoms with van der Waals surface area (Å²) in [6, 6.07) is 9.74. The molecule has 1 saturated carbocycles. The highest BCUT2D eigenvalue weighted by atomic mass is 19.4. The first-order valence-corrected chi connectivity index (χ1v) is 11.2. The van der Waals surface area contributed by atoms with Crippen LogP contribution in [0.25, 0.3) is 0 Å². The fourth-order valence-corrected chi connectivity index (χ4v) is 3.47. The quantitative estimate of drug-likeness (QED) is 0.508. The number of hydrogen-bond acceptors (Lipinski definition) is 6. The van der Waals surface area contributed by atoms with Gasteiger partial charge in [0.2, 0.25) is 5.91 Å². The van der Waals surface area contributed by atoms with Crippen molar-refractivity contribution in [3.63, 3.8) is 0 Å². The van der Waals surface area contributed by atoms with Crippen molar-refractivity contribution in [2.24, 2.45) is 5.92 Å². The lowest BCUT2D eigenvalue weighted by Crippen LogP contribution is -2.29. The van der Waals surface area contributed by atoms with Crippen molar-refractivity contribution >= 4 is 11.9 Å². The Balaban J connectivity index is 1.45. The molecule has 0 spiro atoms. The SMILES string of the molecule is CC(NC(=O)[C@H]1C[C@@H]1c1ccc(OCC(=O)OC(C)(C)C)cc1)c1ccc(OCC(F)(F)F)cn1. The number of ether oxygens (including phenoxy) is 3. The van der Waals surface area contributed by atoms with Gasteiger partial charge in [-0.1, -0.05) is 12.1 Å². The Morgan fingerprint density at radius 2 is 1.71 bits per heavy atom. The first-order valence-electron chi connectivity index (χ1n) is 11.2. The van der Waals surface area contributed by atoms with Gasteiger partial charge in [-0.05, 0) is 69.9 Å². The molecule has 1 aliphatic carbocycles. The fraction of sp³-hybridized carbons (Fsp3) is 0.480. The molecule has 3 atom stereocenters. The van der Waals surface area contributed by atoms with Crippen molar-refractivity contribution in [3.05, 3.63) is 53.9 Å². The summed E-state index contributed by atoms with van der Waals surface area (Å²) in [7, 11) is 0. The van der Waals surface area contributed by atoms with Crippen molar-refractivity contribution in [2.45, 2.75) is 57.9 Å². The molecule has 0 saturated heterocycles. The van der Waals surface area contributed by atoms with Gasteiger partial charge in [-0.3, -0.25) is 9.78 Å². The molecule has 10 heteroatoms. The van der Waals surface area contributed by atoms with Gasteiger partial charge in [0.05, 0.1) is 17.9 Å². The molecule has 3 rings (SSSR count). The van der Waals surface area contributed by atoms with Gasteiger partial charge >= 0.3 is 12.1 Å². The molecule has 0 aliphatic heterocycles. The molecular formula is C25H29F3N2O5. The standard InChI is InChI=1S/C25H29F3N2O5/c1-15(21-10-9-18(12-29-21)34-14-25(26,27)28)30-23(32)20-11-19(20)16-5-7-17(8-6-16)33-13-22(31)35-24(2,3)4/h5-10,12,15,19-20H,11,13-14H2,1-4H3,(H,30,32)/t15?,19-,20+/m1/s1. The van der Waals surface area contributed by atoms with E-state index in [1.54, 1.807) is 39.8 Å². The van der Waals surface area contributed by atoms with Gasteiger partial charge in [-0.15, -0.1) is 0 Å². The molecule has 1 aliphatic rings. The molecule has 7 nitrogen and oxygen atoms in total. The second-order valence-electron chi connectivity index (χ2n) is 9.45. The van der Waals surface area contributed by atoms with Gasteiger partial charge < -0.3 is 19.5 Å². The maximum absolute atomic E-state index is 12.6. The van der Waals surface area contributed by atoms with Crippen LogP contribution in [0, 0.1) is 5.92 Å². The van der Waals surface area contributed by atoms with Crippen LogP contribution in [0.3, 0.4) is 0 Å². The summed E-state index contributed by atoms with van der Waals surface area (Å²) in [4.78, 5) is 28.5. The average molecular weight is 495 g/mol. The number of esters is 1. The minimum absolute atomic E-state index is 0.00498. The van der Waals surface area contributed by atoms with Gasteiger partial charge in [0.25, 0.3) is 0 Å².